The summed E-state index contributed by atoms with van der Waals surface area (Å²) in [7, 11) is 0. The van der Waals surface area contributed by atoms with Crippen LogP contribution in [-0.2, 0) is 0 Å². The fourth-order valence-electron chi connectivity index (χ4n) is 2.29. The van der Waals surface area contributed by atoms with Crippen molar-refractivity contribution in [1.82, 2.24) is 14.6 Å². The van der Waals surface area contributed by atoms with Gasteiger partial charge in [-0.3, -0.25) is 0 Å². The van der Waals surface area contributed by atoms with Gasteiger partial charge in [-0.25, -0.2) is 9.50 Å². The molecule has 3 rings (SSSR count). The summed E-state index contributed by atoms with van der Waals surface area (Å²) in [5.74, 6) is 0.935. The topological polar surface area (TPSA) is 53.7 Å². The molecule has 2 aromatic heterocycles. The van der Waals surface area contributed by atoms with Gasteiger partial charge in [-0.2, -0.15) is 5.10 Å². The average Bonchev–Trinajstić information content (AvgIpc) is 2.96. The zero-order valence-corrected chi connectivity index (χ0v) is 8.95. The lowest BCUT2D eigenvalue weighted by atomic mass is 10.2. The van der Waals surface area contributed by atoms with E-state index in [0.29, 0.717) is 0 Å². The van der Waals surface area contributed by atoms with Gasteiger partial charge in [0.2, 0.25) is 0 Å². The first-order valence-electron chi connectivity index (χ1n) is 5.56. The highest BCUT2D eigenvalue weighted by Crippen LogP contribution is 2.23. The Balaban J connectivity index is 1.98. The molecule has 0 radical (unpaired) electrons. The van der Waals surface area contributed by atoms with Gasteiger partial charge in [0.25, 0.3) is 0 Å². The van der Waals surface area contributed by atoms with Crippen LogP contribution >= 0.6 is 0 Å². The lowest BCUT2D eigenvalue weighted by molar-refractivity contribution is 0.266. The van der Waals surface area contributed by atoms with Crippen molar-refractivity contribution in [3.05, 3.63) is 24.5 Å². The molecule has 0 saturated carbocycles. The first-order chi connectivity index (χ1) is 7.88. The molecule has 84 valence electrons. The van der Waals surface area contributed by atoms with Gasteiger partial charge in [0.05, 0.1) is 18.8 Å². The molecule has 1 aliphatic rings. The van der Waals surface area contributed by atoms with Crippen LogP contribution in [-0.4, -0.2) is 38.9 Å². The Bertz CT molecular complexity index is 495. The largest absolute Gasteiger partial charge is 0.394 e. The SMILES string of the molecule is OC[C@H]1CCCN1c1ccn2nccc2n1. The van der Waals surface area contributed by atoms with Crippen LogP contribution in [0.25, 0.3) is 5.65 Å². The quantitative estimate of drug-likeness (QED) is 0.805. The minimum absolute atomic E-state index is 0.201. The Morgan fingerprint density at radius 2 is 2.38 bits per heavy atom. The smallest absolute Gasteiger partial charge is 0.157 e. The van der Waals surface area contributed by atoms with Gasteiger partial charge in [0, 0.05) is 18.8 Å². The molecule has 2 aromatic rings. The van der Waals surface area contributed by atoms with Crippen LogP contribution in [0.1, 0.15) is 12.8 Å². The lowest BCUT2D eigenvalue weighted by Gasteiger charge is -2.23. The fourth-order valence-corrected chi connectivity index (χ4v) is 2.29. The maximum absolute atomic E-state index is 9.28. The lowest BCUT2D eigenvalue weighted by Crippen LogP contribution is -2.32. The van der Waals surface area contributed by atoms with E-state index in [4.69, 9.17) is 0 Å². The molecule has 16 heavy (non-hydrogen) atoms. The van der Waals surface area contributed by atoms with Crippen molar-refractivity contribution in [1.29, 1.82) is 0 Å². The van der Waals surface area contributed by atoms with E-state index >= 15 is 0 Å². The number of rotatable bonds is 2. The Kier molecular flexibility index (Phi) is 2.25. The molecule has 1 saturated heterocycles. The second kappa shape index (κ2) is 3.75. The molecular weight excluding hydrogens is 204 g/mol. The second-order valence-electron chi connectivity index (χ2n) is 4.09. The Hall–Kier alpha value is -1.62. The number of anilines is 1. The molecule has 3 heterocycles. The van der Waals surface area contributed by atoms with Crippen molar-refractivity contribution in [3.8, 4) is 0 Å². The summed E-state index contributed by atoms with van der Waals surface area (Å²) in [5.41, 5.74) is 0.848. The predicted octanol–water partition coefficient (Wildman–Crippen LogP) is 0.690. The zero-order valence-electron chi connectivity index (χ0n) is 8.95. The number of hydrogen-bond donors (Lipinski definition) is 1. The van der Waals surface area contributed by atoms with Crippen molar-refractivity contribution in [2.75, 3.05) is 18.1 Å². The van der Waals surface area contributed by atoms with E-state index in [0.717, 1.165) is 30.9 Å². The van der Waals surface area contributed by atoms with Gasteiger partial charge >= 0.3 is 0 Å². The summed E-state index contributed by atoms with van der Waals surface area (Å²) >= 11 is 0. The van der Waals surface area contributed by atoms with Crippen LogP contribution in [0.4, 0.5) is 5.82 Å². The summed E-state index contributed by atoms with van der Waals surface area (Å²) < 4.78 is 1.74. The molecule has 0 bridgehead atoms. The van der Waals surface area contributed by atoms with Gasteiger partial charge in [-0.1, -0.05) is 0 Å². The Morgan fingerprint density at radius 3 is 3.25 bits per heavy atom. The van der Waals surface area contributed by atoms with Crippen LogP contribution in [0, 0.1) is 0 Å². The maximum Gasteiger partial charge on any atom is 0.157 e. The fraction of sp³-hybridized carbons (Fsp3) is 0.455. The molecule has 0 amide bonds. The summed E-state index contributed by atoms with van der Waals surface area (Å²) in [6.45, 7) is 1.18. The number of fused-ring (bicyclic) bond motifs is 1. The highest BCUT2D eigenvalue weighted by molar-refractivity contribution is 5.48. The zero-order chi connectivity index (χ0) is 11.0. The van der Waals surface area contributed by atoms with E-state index in [2.05, 4.69) is 15.0 Å². The molecule has 0 aliphatic carbocycles. The summed E-state index contributed by atoms with van der Waals surface area (Å²) in [6.07, 6.45) is 5.81. The van der Waals surface area contributed by atoms with E-state index in [1.54, 1.807) is 10.7 Å². The summed E-state index contributed by atoms with van der Waals surface area (Å²) in [4.78, 5) is 6.70. The molecule has 0 spiro atoms. The van der Waals surface area contributed by atoms with Crippen LogP contribution in [0.2, 0.25) is 0 Å². The van der Waals surface area contributed by atoms with Gasteiger partial charge in [0.1, 0.15) is 5.82 Å². The molecule has 1 fully saturated rings. The summed E-state index contributed by atoms with van der Waals surface area (Å²) in [5, 5.41) is 13.4. The van der Waals surface area contributed by atoms with Gasteiger partial charge < -0.3 is 10.0 Å². The molecule has 1 N–H and O–H groups in total. The minimum Gasteiger partial charge on any atom is -0.394 e. The number of aromatic nitrogens is 3. The van der Waals surface area contributed by atoms with E-state index in [1.807, 2.05) is 18.3 Å². The highest BCUT2D eigenvalue weighted by atomic mass is 16.3. The number of nitrogens with zero attached hydrogens (tertiary/aromatic N) is 4. The van der Waals surface area contributed by atoms with Gasteiger partial charge in [-0.05, 0) is 18.9 Å². The minimum atomic E-state index is 0.201. The average molecular weight is 218 g/mol. The third kappa shape index (κ3) is 1.44. The maximum atomic E-state index is 9.28. The van der Waals surface area contributed by atoms with Crippen LogP contribution < -0.4 is 4.90 Å². The van der Waals surface area contributed by atoms with E-state index in [-0.39, 0.29) is 12.6 Å². The van der Waals surface area contributed by atoms with Crippen LogP contribution in [0.15, 0.2) is 24.5 Å². The number of hydrogen-bond acceptors (Lipinski definition) is 4. The van der Waals surface area contributed by atoms with E-state index in [9.17, 15) is 5.11 Å². The first-order valence-corrected chi connectivity index (χ1v) is 5.56. The summed E-state index contributed by atoms with van der Waals surface area (Å²) in [6, 6.07) is 4.06. The van der Waals surface area contributed by atoms with Gasteiger partial charge in [0.15, 0.2) is 5.65 Å². The molecule has 1 atom stereocenters. The van der Waals surface area contributed by atoms with E-state index in [1.165, 1.54) is 0 Å². The van der Waals surface area contributed by atoms with Gasteiger partial charge in [-0.15, -0.1) is 0 Å². The first kappa shape index (κ1) is 9.59. The van der Waals surface area contributed by atoms with Crippen molar-refractivity contribution >= 4 is 11.5 Å². The molecule has 5 nitrogen and oxygen atoms in total. The number of aliphatic hydroxyl groups is 1. The third-order valence-corrected chi connectivity index (χ3v) is 3.13. The molecular formula is C11H14N4O. The van der Waals surface area contributed by atoms with Crippen molar-refractivity contribution < 1.29 is 5.11 Å². The molecule has 5 heteroatoms. The number of aliphatic hydroxyl groups excluding tert-OH is 1. The van der Waals surface area contributed by atoms with Crippen molar-refractivity contribution in [3.63, 3.8) is 0 Å². The molecule has 1 aliphatic heterocycles. The van der Waals surface area contributed by atoms with Crippen LogP contribution in [0.3, 0.4) is 0 Å². The predicted molar refractivity (Wildman–Crippen MR) is 60.4 cm³/mol. The van der Waals surface area contributed by atoms with Crippen LogP contribution in [0.5, 0.6) is 0 Å². The van der Waals surface area contributed by atoms with Crippen molar-refractivity contribution in [2.45, 2.75) is 18.9 Å². The second-order valence-corrected chi connectivity index (χ2v) is 4.09. The normalized spacial score (nSPS) is 20.8. The molecule has 0 aromatic carbocycles. The third-order valence-electron chi connectivity index (χ3n) is 3.13. The Labute approximate surface area is 93.3 Å². The molecule has 0 unspecified atom stereocenters. The highest BCUT2D eigenvalue weighted by Gasteiger charge is 2.24. The van der Waals surface area contributed by atoms with E-state index < -0.39 is 0 Å². The monoisotopic (exact) mass is 218 g/mol. The Morgan fingerprint density at radius 1 is 1.44 bits per heavy atom. The van der Waals surface area contributed by atoms with Crippen molar-refractivity contribution in [2.24, 2.45) is 0 Å². The standard InChI is InChI=1S/C11H14N4O/c16-8-9-2-1-6-14(9)10-4-7-15-11(13-10)3-5-12-15/h3-5,7,9,16H,1-2,6,8H2/t9-/m1/s1.